The van der Waals surface area contributed by atoms with Gasteiger partial charge in [-0.1, -0.05) is 139 Å². The number of hydrogen-bond acceptors (Lipinski definition) is 0. The zero-order valence-electron chi connectivity index (χ0n) is 33.6. The van der Waals surface area contributed by atoms with Gasteiger partial charge in [-0.15, -0.1) is 93.9 Å². The van der Waals surface area contributed by atoms with Crippen LogP contribution in [0.5, 0.6) is 0 Å². The Balaban J connectivity index is 0.000000257. The summed E-state index contributed by atoms with van der Waals surface area (Å²) in [6.45, 7) is 20.4. The summed E-state index contributed by atoms with van der Waals surface area (Å²) in [5.41, 5.74) is 11.7. The van der Waals surface area contributed by atoms with Crippen molar-refractivity contribution in [3.8, 4) is 22.3 Å². The summed E-state index contributed by atoms with van der Waals surface area (Å²) in [6.07, 6.45) is 11.8. The van der Waals surface area contributed by atoms with Gasteiger partial charge in [0, 0.05) is 0 Å². The van der Waals surface area contributed by atoms with Crippen molar-refractivity contribution in [1.82, 2.24) is 0 Å². The second kappa shape index (κ2) is 20.1. The molecule has 0 aliphatic heterocycles. The summed E-state index contributed by atoms with van der Waals surface area (Å²) in [7, 11) is 0. The predicted molar refractivity (Wildman–Crippen MR) is 240 cm³/mol. The third kappa shape index (κ3) is 10.9. The van der Waals surface area contributed by atoms with Crippen LogP contribution in [0.25, 0.3) is 43.8 Å². The van der Waals surface area contributed by atoms with Crippen molar-refractivity contribution in [3.05, 3.63) is 145 Å². The molecule has 0 aromatic heterocycles. The third-order valence-electron chi connectivity index (χ3n) is 11.3. The number of benzene rings is 4. The van der Waals surface area contributed by atoms with Crippen LogP contribution >= 0.6 is 24.8 Å². The van der Waals surface area contributed by atoms with Gasteiger partial charge in [0.2, 0.25) is 0 Å². The minimum absolute atomic E-state index is 0. The van der Waals surface area contributed by atoms with E-state index in [2.05, 4.69) is 165 Å². The van der Waals surface area contributed by atoms with Gasteiger partial charge in [0.15, 0.2) is 0 Å². The summed E-state index contributed by atoms with van der Waals surface area (Å²) >= 11 is 0. The molecule has 0 N–H and O–H groups in total. The van der Waals surface area contributed by atoms with Crippen LogP contribution in [0.15, 0.2) is 109 Å². The van der Waals surface area contributed by atoms with Crippen molar-refractivity contribution in [1.29, 1.82) is 0 Å². The van der Waals surface area contributed by atoms with E-state index in [1.165, 1.54) is 106 Å². The largest absolute Gasteiger partial charge is 4.00 e. The molecule has 284 valence electrons. The quantitative estimate of drug-likeness (QED) is 0.122. The zero-order valence-corrected chi connectivity index (χ0v) is 38.9. The molecule has 54 heavy (non-hydrogen) atoms. The maximum atomic E-state index is 3.38. The minimum Gasteiger partial charge on any atom is -0.372 e. The molecule has 2 aliphatic rings. The summed E-state index contributed by atoms with van der Waals surface area (Å²) in [5, 5.41) is 5.63. The van der Waals surface area contributed by atoms with E-state index in [0.717, 1.165) is 18.3 Å². The molecule has 2 fully saturated rings. The Kier molecular flexibility index (Phi) is 17.1. The van der Waals surface area contributed by atoms with Crippen LogP contribution in [0.4, 0.5) is 0 Å². The van der Waals surface area contributed by atoms with Crippen molar-refractivity contribution < 1.29 is 25.8 Å². The van der Waals surface area contributed by atoms with E-state index in [-0.39, 0.29) is 61.5 Å². The number of fused-ring (bicyclic) bond motifs is 2. The molecular weight excluding hydrogens is 862 g/mol. The predicted octanol–water partition coefficient (Wildman–Crippen LogP) is 16.2. The Morgan fingerprint density at radius 2 is 0.833 bits per heavy atom. The van der Waals surface area contributed by atoms with Gasteiger partial charge < -0.3 is 20.3 Å². The van der Waals surface area contributed by atoms with Crippen LogP contribution in [0.1, 0.15) is 133 Å². The smallest absolute Gasteiger partial charge is 0.372 e. The summed E-state index contributed by atoms with van der Waals surface area (Å²) in [5.74, 6) is 1.57. The second-order valence-electron chi connectivity index (χ2n) is 17.2. The van der Waals surface area contributed by atoms with Gasteiger partial charge in [0.05, 0.1) is 0 Å². The van der Waals surface area contributed by atoms with Gasteiger partial charge in [-0.25, -0.2) is 0 Å². The van der Waals surface area contributed by atoms with Gasteiger partial charge in [-0.3, -0.25) is 0 Å². The molecule has 6 aromatic rings. The van der Waals surface area contributed by atoms with Crippen LogP contribution in [-0.4, -0.2) is 0 Å². The maximum Gasteiger partial charge on any atom is 4.00 e. The molecule has 0 unspecified atom stereocenters. The van der Waals surface area contributed by atoms with E-state index in [1.54, 1.807) is 11.1 Å². The van der Waals surface area contributed by atoms with Gasteiger partial charge in [0.25, 0.3) is 0 Å². The van der Waals surface area contributed by atoms with Crippen molar-refractivity contribution >= 4 is 46.4 Å². The Hall–Kier alpha value is -2.45. The van der Waals surface area contributed by atoms with Crippen molar-refractivity contribution in [3.63, 3.8) is 0 Å². The number of hydrogen-bond donors (Lipinski definition) is 0. The fourth-order valence-electron chi connectivity index (χ4n) is 8.31. The Labute approximate surface area is 359 Å². The van der Waals surface area contributed by atoms with E-state index in [9.17, 15) is 0 Å². The second-order valence-corrected chi connectivity index (χ2v) is 17.2. The molecule has 0 atom stereocenters. The molecule has 0 nitrogen and oxygen atoms in total. The molecule has 6 aromatic carbocycles. The SMILES string of the molecule is CC(C)(C)c1ccc(-c2cccc3[cH-]c(C4CCCC4)cc23)cc1.CC(C)(C)c1ccc(-c2cccc3[cH-]c(C4CCCC4)cc23)cc1.Cl.Cl.[CH2-]C[CH2-].[Hf+4]. The Bertz CT molecular complexity index is 1850. The van der Waals surface area contributed by atoms with E-state index >= 15 is 0 Å². The van der Waals surface area contributed by atoms with Crippen LogP contribution in [0, 0.1) is 13.8 Å². The topological polar surface area (TPSA) is 0 Å². The Morgan fingerprint density at radius 3 is 1.13 bits per heavy atom. The zero-order chi connectivity index (χ0) is 36.2. The molecule has 0 radical (unpaired) electrons. The van der Waals surface area contributed by atoms with E-state index in [0.29, 0.717) is 0 Å². The minimum atomic E-state index is 0. The van der Waals surface area contributed by atoms with Gasteiger partial charge in [-0.05, 0) is 70.6 Å². The first-order valence-electron chi connectivity index (χ1n) is 19.7. The first-order valence-corrected chi connectivity index (χ1v) is 19.7. The van der Waals surface area contributed by atoms with Gasteiger partial charge in [0.1, 0.15) is 0 Å². The van der Waals surface area contributed by atoms with Crippen LogP contribution in [0.2, 0.25) is 0 Å². The third-order valence-corrected chi connectivity index (χ3v) is 11.3. The Morgan fingerprint density at radius 1 is 0.519 bits per heavy atom. The fraction of sp³-hybridized carbons (Fsp3) is 0.373. The molecule has 0 amide bonds. The molecule has 3 heteroatoms. The van der Waals surface area contributed by atoms with Crippen molar-refractivity contribution in [2.24, 2.45) is 0 Å². The number of halogens is 2. The average molecular weight is 924 g/mol. The van der Waals surface area contributed by atoms with Crippen molar-refractivity contribution in [2.45, 2.75) is 122 Å². The molecule has 0 heterocycles. The molecular formula is C51H62Cl2Hf. The van der Waals surface area contributed by atoms with Crippen LogP contribution < -0.4 is 0 Å². The van der Waals surface area contributed by atoms with Crippen molar-refractivity contribution in [2.75, 3.05) is 0 Å². The fourth-order valence-corrected chi connectivity index (χ4v) is 8.31. The molecule has 2 aliphatic carbocycles. The standard InChI is InChI=1S/2C24H27.C3H6.2ClH.Hf/c2*1-24(2,3)21-13-11-18(12-14-21)22-10-6-9-19-15-20(16-23(19)22)17-7-4-5-8-17;1-3-2;;;/h2*6,9-17H,4-5,7-8H2,1-3H3;1-3H2;2*1H;/q2*-1;-2;;;+4. The molecule has 2 saturated carbocycles. The van der Waals surface area contributed by atoms with Gasteiger partial charge >= 0.3 is 25.8 Å². The van der Waals surface area contributed by atoms with E-state index < -0.39 is 0 Å². The first-order chi connectivity index (χ1) is 24.5. The maximum absolute atomic E-state index is 3.38. The van der Waals surface area contributed by atoms with Crippen LogP contribution in [-0.2, 0) is 36.7 Å². The van der Waals surface area contributed by atoms with E-state index in [4.69, 9.17) is 0 Å². The summed E-state index contributed by atoms with van der Waals surface area (Å²) in [6, 6.07) is 41.6. The monoisotopic (exact) mass is 924 g/mol. The summed E-state index contributed by atoms with van der Waals surface area (Å²) < 4.78 is 0. The van der Waals surface area contributed by atoms with Gasteiger partial charge in [-0.2, -0.15) is 12.1 Å². The molecule has 8 rings (SSSR count). The molecule has 0 bridgehead atoms. The molecule has 0 spiro atoms. The normalized spacial score (nSPS) is 14.7. The first kappa shape index (κ1) is 45.9. The summed E-state index contributed by atoms with van der Waals surface area (Å²) in [4.78, 5) is 0. The van der Waals surface area contributed by atoms with Crippen LogP contribution in [0.3, 0.4) is 0 Å². The molecule has 0 saturated heterocycles. The number of rotatable bonds is 4. The van der Waals surface area contributed by atoms with E-state index in [1.807, 2.05) is 0 Å². The average Bonchev–Trinajstić information content (AvgIpc) is 3.94.